The summed E-state index contributed by atoms with van der Waals surface area (Å²) in [6, 6.07) is 10.6. The molecule has 130 valence electrons. The number of imidazole rings is 1. The van der Waals surface area contributed by atoms with Gasteiger partial charge in [-0.25, -0.2) is 9.97 Å². The van der Waals surface area contributed by atoms with E-state index in [9.17, 15) is 0 Å². The molecule has 26 heavy (non-hydrogen) atoms. The van der Waals surface area contributed by atoms with Gasteiger partial charge in [0.15, 0.2) is 0 Å². The summed E-state index contributed by atoms with van der Waals surface area (Å²) in [4.78, 5) is 9.30. The molecule has 2 N–H and O–H groups in total. The highest BCUT2D eigenvalue weighted by Crippen LogP contribution is 2.25. The van der Waals surface area contributed by atoms with Crippen LogP contribution in [-0.2, 0) is 7.05 Å². The van der Waals surface area contributed by atoms with Gasteiger partial charge in [-0.3, -0.25) is 9.08 Å². The van der Waals surface area contributed by atoms with Crippen LogP contribution in [0.25, 0.3) is 28.2 Å². The van der Waals surface area contributed by atoms with Crippen molar-refractivity contribution in [1.82, 2.24) is 29.5 Å². The first-order valence-corrected chi connectivity index (χ1v) is 8.67. The van der Waals surface area contributed by atoms with Gasteiger partial charge in [0.2, 0.25) is 0 Å². The van der Waals surface area contributed by atoms with Gasteiger partial charge in [0.1, 0.15) is 11.5 Å². The highest BCUT2D eigenvalue weighted by molar-refractivity contribution is 5.67. The quantitative estimate of drug-likeness (QED) is 0.593. The van der Waals surface area contributed by atoms with Gasteiger partial charge in [0.05, 0.1) is 29.8 Å². The monoisotopic (exact) mass is 345 g/mol. The predicted molar refractivity (Wildman–Crippen MR) is 101 cm³/mol. The topological polar surface area (TPSA) is 72.1 Å². The van der Waals surface area contributed by atoms with Crippen molar-refractivity contribution in [2.75, 3.05) is 18.4 Å². The van der Waals surface area contributed by atoms with E-state index in [1.165, 1.54) is 0 Å². The highest BCUT2D eigenvalue weighted by atomic mass is 15.2. The van der Waals surface area contributed by atoms with E-state index >= 15 is 0 Å². The molecule has 1 saturated heterocycles. The fourth-order valence-corrected chi connectivity index (χ4v) is 3.17. The van der Waals surface area contributed by atoms with Crippen LogP contribution >= 0.6 is 0 Å². The van der Waals surface area contributed by atoms with Gasteiger partial charge in [-0.2, -0.15) is 5.10 Å². The van der Waals surface area contributed by atoms with Gasteiger partial charge in [0, 0.05) is 43.7 Å². The lowest BCUT2D eigenvalue weighted by atomic mass is 10.1. The van der Waals surface area contributed by atoms with Crippen LogP contribution in [0.15, 0.2) is 55.1 Å². The van der Waals surface area contributed by atoms with Crippen LogP contribution in [0.2, 0.25) is 0 Å². The van der Waals surface area contributed by atoms with E-state index in [1.807, 2.05) is 49.9 Å². The molecule has 0 bridgehead atoms. The molecule has 1 aliphatic heterocycles. The van der Waals surface area contributed by atoms with Crippen molar-refractivity contribution < 1.29 is 0 Å². The Balaban J connectivity index is 1.55. The summed E-state index contributed by atoms with van der Waals surface area (Å²) in [6.07, 6.45) is 7.84. The van der Waals surface area contributed by atoms with E-state index in [2.05, 4.69) is 37.4 Å². The molecule has 4 aromatic rings. The molecule has 0 aromatic carbocycles. The molecule has 1 aliphatic rings. The fraction of sp³-hybridized carbons (Fsp3) is 0.211. The molecule has 0 amide bonds. The van der Waals surface area contributed by atoms with E-state index in [1.54, 1.807) is 4.68 Å². The number of pyridine rings is 2. The number of hydrogen-bond acceptors (Lipinski definition) is 5. The van der Waals surface area contributed by atoms with Crippen molar-refractivity contribution in [1.29, 1.82) is 0 Å². The van der Waals surface area contributed by atoms with Gasteiger partial charge in [-0.15, -0.1) is 0 Å². The predicted octanol–water partition coefficient (Wildman–Crippen LogP) is 2.18. The number of nitrogens with zero attached hydrogens (tertiary/aromatic N) is 5. The van der Waals surface area contributed by atoms with E-state index in [0.29, 0.717) is 6.04 Å². The minimum atomic E-state index is 0.456. The van der Waals surface area contributed by atoms with Gasteiger partial charge >= 0.3 is 0 Å². The molecule has 0 saturated carbocycles. The lowest BCUT2D eigenvalue weighted by Gasteiger charge is -2.28. The van der Waals surface area contributed by atoms with Gasteiger partial charge < -0.3 is 10.6 Å². The lowest BCUT2D eigenvalue weighted by molar-refractivity contribution is 0.471. The third-order valence-corrected chi connectivity index (χ3v) is 4.69. The average Bonchev–Trinajstić information content (AvgIpc) is 3.24. The van der Waals surface area contributed by atoms with Crippen LogP contribution in [0.1, 0.15) is 0 Å². The van der Waals surface area contributed by atoms with Gasteiger partial charge in [0.25, 0.3) is 0 Å². The van der Waals surface area contributed by atoms with Crippen molar-refractivity contribution in [2.45, 2.75) is 6.04 Å². The second-order valence-corrected chi connectivity index (χ2v) is 6.60. The molecule has 4 aromatic heterocycles. The summed E-state index contributed by atoms with van der Waals surface area (Å²) >= 11 is 0. The maximum Gasteiger partial charge on any atom is 0.137 e. The minimum Gasteiger partial charge on any atom is -0.365 e. The van der Waals surface area contributed by atoms with E-state index in [0.717, 1.165) is 47.1 Å². The zero-order valence-electron chi connectivity index (χ0n) is 14.4. The zero-order valence-corrected chi connectivity index (χ0v) is 14.4. The second-order valence-electron chi connectivity index (χ2n) is 6.60. The summed E-state index contributed by atoms with van der Waals surface area (Å²) in [7, 11) is 1.92. The maximum absolute atomic E-state index is 4.78. The zero-order chi connectivity index (χ0) is 17.5. The molecular weight excluding hydrogens is 326 g/mol. The minimum absolute atomic E-state index is 0.456. The van der Waals surface area contributed by atoms with Crippen molar-refractivity contribution in [3.8, 4) is 22.5 Å². The van der Waals surface area contributed by atoms with Gasteiger partial charge in [-0.05, 0) is 24.3 Å². The standard InChI is InChI=1S/C19H19N7/c1-25-11-14(7-22-25)13-5-6-19-21-10-17(26(19)12-13)16-3-2-4-18(24-16)23-15-8-20-9-15/h2-7,10-12,15,20H,8-9H2,1H3,(H,23,24). The van der Waals surface area contributed by atoms with Crippen molar-refractivity contribution in [3.05, 3.63) is 55.1 Å². The molecular formula is C19H19N7. The number of rotatable bonds is 4. The van der Waals surface area contributed by atoms with Crippen LogP contribution < -0.4 is 10.6 Å². The normalized spacial score (nSPS) is 14.5. The van der Waals surface area contributed by atoms with Crippen LogP contribution in [0.5, 0.6) is 0 Å². The highest BCUT2D eigenvalue weighted by Gasteiger charge is 2.17. The fourth-order valence-electron chi connectivity index (χ4n) is 3.17. The Morgan fingerprint density at radius 1 is 1.08 bits per heavy atom. The summed E-state index contributed by atoms with van der Waals surface area (Å²) in [5.41, 5.74) is 4.95. The third-order valence-electron chi connectivity index (χ3n) is 4.69. The summed E-state index contributed by atoms with van der Waals surface area (Å²) in [5, 5.41) is 11.0. The Morgan fingerprint density at radius 3 is 2.77 bits per heavy atom. The smallest absolute Gasteiger partial charge is 0.137 e. The Hall–Kier alpha value is -3.19. The van der Waals surface area contributed by atoms with Crippen LogP contribution in [0.3, 0.4) is 0 Å². The van der Waals surface area contributed by atoms with Crippen molar-refractivity contribution in [2.24, 2.45) is 7.05 Å². The summed E-state index contributed by atoms with van der Waals surface area (Å²) in [5.74, 6) is 0.896. The Kier molecular flexibility index (Phi) is 3.46. The average molecular weight is 345 g/mol. The van der Waals surface area contributed by atoms with E-state index < -0.39 is 0 Å². The first-order valence-electron chi connectivity index (χ1n) is 8.67. The number of hydrogen-bond donors (Lipinski definition) is 2. The van der Waals surface area contributed by atoms with Crippen LogP contribution in [0.4, 0.5) is 5.82 Å². The maximum atomic E-state index is 4.78. The Bertz CT molecular complexity index is 1070. The number of aromatic nitrogens is 5. The largest absolute Gasteiger partial charge is 0.365 e. The molecule has 1 fully saturated rings. The number of aryl methyl sites for hydroxylation is 1. The molecule has 5 heterocycles. The summed E-state index contributed by atoms with van der Waals surface area (Å²) < 4.78 is 3.89. The first kappa shape index (κ1) is 15.1. The molecule has 0 spiro atoms. The lowest BCUT2D eigenvalue weighted by Crippen LogP contribution is -2.51. The van der Waals surface area contributed by atoms with E-state index in [-0.39, 0.29) is 0 Å². The Morgan fingerprint density at radius 2 is 2.00 bits per heavy atom. The second kappa shape index (κ2) is 5.96. The molecule has 0 aliphatic carbocycles. The molecule has 0 radical (unpaired) electrons. The molecule has 0 atom stereocenters. The summed E-state index contributed by atoms with van der Waals surface area (Å²) in [6.45, 7) is 1.96. The van der Waals surface area contributed by atoms with Crippen molar-refractivity contribution >= 4 is 11.5 Å². The Labute approximate surface area is 150 Å². The van der Waals surface area contributed by atoms with Crippen LogP contribution in [-0.4, -0.2) is 43.3 Å². The third kappa shape index (κ3) is 2.62. The first-order chi connectivity index (χ1) is 12.8. The molecule has 0 unspecified atom stereocenters. The van der Waals surface area contributed by atoms with Crippen LogP contribution in [0, 0.1) is 0 Å². The van der Waals surface area contributed by atoms with Crippen molar-refractivity contribution in [3.63, 3.8) is 0 Å². The number of anilines is 1. The molecule has 5 rings (SSSR count). The molecule has 7 nitrogen and oxygen atoms in total. The number of fused-ring (bicyclic) bond motifs is 1. The SMILES string of the molecule is Cn1cc(-c2ccc3ncc(-c4cccc(NC5CNC5)n4)n3c2)cn1. The van der Waals surface area contributed by atoms with Gasteiger partial charge in [-0.1, -0.05) is 6.07 Å². The number of nitrogens with one attached hydrogen (secondary N) is 2. The molecule has 7 heteroatoms. The van der Waals surface area contributed by atoms with E-state index in [4.69, 9.17) is 4.98 Å².